The maximum Gasteiger partial charge on any atom is 0.325 e. The van der Waals surface area contributed by atoms with Crippen molar-refractivity contribution in [2.45, 2.75) is 6.92 Å². The van der Waals surface area contributed by atoms with Crippen LogP contribution in [-0.2, 0) is 9.53 Å². The van der Waals surface area contributed by atoms with Gasteiger partial charge in [0.2, 0.25) is 0 Å². The van der Waals surface area contributed by atoms with E-state index in [9.17, 15) is 4.79 Å². The lowest BCUT2D eigenvalue weighted by atomic mass is 10.2. The molecule has 0 aromatic heterocycles. The smallest absolute Gasteiger partial charge is 0.325 e. The third-order valence-electron chi connectivity index (χ3n) is 1.71. The average Bonchev–Trinajstić information content (AvgIpc) is 2.12. The van der Waals surface area contributed by atoms with E-state index in [2.05, 4.69) is 26.0 Å². The highest BCUT2D eigenvalue weighted by molar-refractivity contribution is 9.10. The molecule has 0 saturated heterocycles. The van der Waals surface area contributed by atoms with Gasteiger partial charge < -0.3 is 10.1 Å². The van der Waals surface area contributed by atoms with E-state index in [1.807, 2.05) is 25.1 Å². The number of aryl methyl sites for hydroxylation is 1. The lowest BCUT2D eigenvalue weighted by molar-refractivity contribution is -0.138. The van der Waals surface area contributed by atoms with Crippen molar-refractivity contribution in [3.8, 4) is 0 Å². The van der Waals surface area contributed by atoms with Crippen molar-refractivity contribution in [1.82, 2.24) is 0 Å². The van der Waals surface area contributed by atoms with Crippen molar-refractivity contribution in [2.75, 3.05) is 19.0 Å². The number of carbonyl (C=O) groups is 1. The van der Waals surface area contributed by atoms with E-state index < -0.39 is 0 Å². The molecule has 1 aromatic carbocycles. The van der Waals surface area contributed by atoms with E-state index in [-0.39, 0.29) is 12.5 Å². The van der Waals surface area contributed by atoms with Crippen LogP contribution in [0.15, 0.2) is 22.7 Å². The Kier molecular flexibility index (Phi) is 3.95. The molecular weight excluding hydrogens is 246 g/mol. The lowest BCUT2D eigenvalue weighted by Gasteiger charge is -2.06. The molecule has 0 radical (unpaired) electrons. The van der Waals surface area contributed by atoms with E-state index in [1.165, 1.54) is 7.11 Å². The van der Waals surface area contributed by atoms with Crippen molar-refractivity contribution in [1.29, 1.82) is 0 Å². The summed E-state index contributed by atoms with van der Waals surface area (Å²) in [6.45, 7) is 2.18. The Morgan fingerprint density at radius 3 is 2.79 bits per heavy atom. The Balaban J connectivity index is 2.63. The van der Waals surface area contributed by atoms with Crippen molar-refractivity contribution in [3.05, 3.63) is 28.2 Å². The van der Waals surface area contributed by atoms with Crippen LogP contribution in [0, 0.1) is 6.92 Å². The van der Waals surface area contributed by atoms with Crippen LogP contribution in [-0.4, -0.2) is 19.6 Å². The summed E-state index contributed by atoms with van der Waals surface area (Å²) in [5.41, 5.74) is 2.04. The number of hydrogen-bond donors (Lipinski definition) is 1. The number of benzene rings is 1. The van der Waals surface area contributed by atoms with Crippen molar-refractivity contribution >= 4 is 27.6 Å². The van der Waals surface area contributed by atoms with Gasteiger partial charge in [-0.05, 0) is 30.7 Å². The third kappa shape index (κ3) is 3.38. The highest BCUT2D eigenvalue weighted by Gasteiger charge is 2.00. The number of halogens is 1. The molecule has 0 aliphatic carbocycles. The first-order valence-corrected chi connectivity index (χ1v) is 4.99. The van der Waals surface area contributed by atoms with Gasteiger partial charge in [-0.25, -0.2) is 0 Å². The van der Waals surface area contributed by atoms with Crippen LogP contribution in [0.25, 0.3) is 0 Å². The minimum absolute atomic E-state index is 0.187. The predicted octanol–water partition coefficient (Wildman–Crippen LogP) is 2.34. The lowest BCUT2D eigenvalue weighted by Crippen LogP contribution is -2.14. The summed E-state index contributed by atoms with van der Waals surface area (Å²) in [5.74, 6) is -0.275. The van der Waals surface area contributed by atoms with Crippen LogP contribution in [0.3, 0.4) is 0 Å². The second kappa shape index (κ2) is 5.00. The van der Waals surface area contributed by atoms with E-state index in [4.69, 9.17) is 0 Å². The first-order valence-electron chi connectivity index (χ1n) is 4.19. The number of rotatable bonds is 3. The average molecular weight is 258 g/mol. The number of ether oxygens (including phenoxy) is 1. The zero-order valence-corrected chi connectivity index (χ0v) is 9.72. The molecule has 4 heteroatoms. The van der Waals surface area contributed by atoms with Crippen molar-refractivity contribution < 1.29 is 9.53 Å². The summed E-state index contributed by atoms with van der Waals surface area (Å²) in [6.07, 6.45) is 0. The van der Waals surface area contributed by atoms with Gasteiger partial charge >= 0.3 is 5.97 Å². The van der Waals surface area contributed by atoms with Gasteiger partial charge in [0.05, 0.1) is 7.11 Å². The second-order valence-corrected chi connectivity index (χ2v) is 3.86. The second-order valence-electron chi connectivity index (χ2n) is 2.95. The summed E-state index contributed by atoms with van der Waals surface area (Å²) in [7, 11) is 1.37. The van der Waals surface area contributed by atoms with Gasteiger partial charge in [0.1, 0.15) is 6.54 Å². The number of esters is 1. The molecule has 0 bridgehead atoms. The van der Waals surface area contributed by atoms with E-state index >= 15 is 0 Å². The zero-order chi connectivity index (χ0) is 10.6. The van der Waals surface area contributed by atoms with E-state index in [0.29, 0.717) is 0 Å². The quantitative estimate of drug-likeness (QED) is 0.845. The van der Waals surface area contributed by atoms with E-state index in [1.54, 1.807) is 0 Å². The molecule has 0 spiro atoms. The predicted molar refractivity (Wildman–Crippen MR) is 59.4 cm³/mol. The van der Waals surface area contributed by atoms with Gasteiger partial charge in [0.15, 0.2) is 0 Å². The summed E-state index contributed by atoms with van der Waals surface area (Å²) in [4.78, 5) is 10.9. The Hall–Kier alpha value is -1.03. The molecule has 0 aliphatic heterocycles. The molecule has 76 valence electrons. The van der Waals surface area contributed by atoms with Crippen LogP contribution >= 0.6 is 15.9 Å². The van der Waals surface area contributed by atoms with E-state index in [0.717, 1.165) is 15.7 Å². The molecule has 0 amide bonds. The molecular formula is C10H12BrNO2. The highest BCUT2D eigenvalue weighted by atomic mass is 79.9. The van der Waals surface area contributed by atoms with Gasteiger partial charge in [0, 0.05) is 10.2 Å². The minimum Gasteiger partial charge on any atom is -0.468 e. The first kappa shape index (κ1) is 11.0. The standard InChI is InChI=1S/C10H12BrNO2/c1-7-3-8(11)5-9(4-7)12-6-10(13)14-2/h3-5,12H,6H2,1-2H3. The Labute approximate surface area is 91.6 Å². The molecule has 3 nitrogen and oxygen atoms in total. The molecule has 0 unspecified atom stereocenters. The van der Waals surface area contributed by atoms with Crippen LogP contribution in [0.1, 0.15) is 5.56 Å². The van der Waals surface area contributed by atoms with Crippen LogP contribution < -0.4 is 5.32 Å². The molecule has 14 heavy (non-hydrogen) atoms. The third-order valence-corrected chi connectivity index (χ3v) is 2.16. The van der Waals surface area contributed by atoms with Gasteiger partial charge in [-0.15, -0.1) is 0 Å². The number of anilines is 1. The number of methoxy groups -OCH3 is 1. The Bertz CT molecular complexity index is 319. The summed E-state index contributed by atoms with van der Waals surface area (Å²) >= 11 is 3.38. The Morgan fingerprint density at radius 1 is 1.50 bits per heavy atom. The molecule has 0 heterocycles. The van der Waals surface area contributed by atoms with Crippen molar-refractivity contribution in [2.24, 2.45) is 0 Å². The van der Waals surface area contributed by atoms with Crippen LogP contribution in [0.2, 0.25) is 0 Å². The number of carbonyl (C=O) groups excluding carboxylic acids is 1. The first-order chi connectivity index (χ1) is 6.61. The number of hydrogen-bond acceptors (Lipinski definition) is 3. The van der Waals surface area contributed by atoms with Gasteiger partial charge in [0.25, 0.3) is 0 Å². The summed E-state index contributed by atoms with van der Waals surface area (Å²) < 4.78 is 5.51. The van der Waals surface area contributed by atoms with Crippen LogP contribution in [0.4, 0.5) is 5.69 Å². The van der Waals surface area contributed by atoms with Crippen molar-refractivity contribution in [3.63, 3.8) is 0 Å². The maximum absolute atomic E-state index is 10.9. The van der Waals surface area contributed by atoms with Gasteiger partial charge in [-0.3, -0.25) is 4.79 Å². The fraction of sp³-hybridized carbons (Fsp3) is 0.300. The normalized spacial score (nSPS) is 9.64. The monoisotopic (exact) mass is 257 g/mol. The molecule has 0 aliphatic rings. The number of nitrogens with one attached hydrogen (secondary N) is 1. The van der Waals surface area contributed by atoms with Gasteiger partial charge in [-0.1, -0.05) is 15.9 Å². The SMILES string of the molecule is COC(=O)CNc1cc(C)cc(Br)c1. The topological polar surface area (TPSA) is 38.3 Å². The fourth-order valence-electron chi connectivity index (χ4n) is 1.08. The fourth-order valence-corrected chi connectivity index (χ4v) is 1.69. The molecule has 1 aromatic rings. The van der Waals surface area contributed by atoms with Crippen LogP contribution in [0.5, 0.6) is 0 Å². The zero-order valence-electron chi connectivity index (χ0n) is 8.13. The molecule has 1 N–H and O–H groups in total. The molecule has 0 atom stereocenters. The highest BCUT2D eigenvalue weighted by Crippen LogP contribution is 2.18. The molecule has 0 fully saturated rings. The Morgan fingerprint density at radius 2 is 2.21 bits per heavy atom. The largest absolute Gasteiger partial charge is 0.468 e. The van der Waals surface area contributed by atoms with Gasteiger partial charge in [-0.2, -0.15) is 0 Å². The molecule has 0 saturated carbocycles. The molecule has 1 rings (SSSR count). The minimum atomic E-state index is -0.275. The maximum atomic E-state index is 10.9. The summed E-state index contributed by atoms with van der Waals surface area (Å²) in [6, 6.07) is 5.88. The summed E-state index contributed by atoms with van der Waals surface area (Å²) in [5, 5.41) is 2.97.